The third-order valence-corrected chi connectivity index (χ3v) is 8.52. The monoisotopic (exact) mass is 430 g/mol. The van der Waals surface area contributed by atoms with Gasteiger partial charge in [-0.3, -0.25) is 0 Å². The number of hydrogen-bond acceptors (Lipinski definition) is 3. The zero-order valence-corrected chi connectivity index (χ0v) is 18.9. The Kier molecular flexibility index (Phi) is 5.42. The van der Waals surface area contributed by atoms with E-state index in [1.54, 1.807) is 11.3 Å². The zero-order valence-electron chi connectivity index (χ0n) is 16.5. The number of hydrogen-bond donors (Lipinski definition) is 0. The van der Waals surface area contributed by atoms with Crippen LogP contribution in [-0.2, 0) is 6.42 Å². The van der Waals surface area contributed by atoms with Crippen LogP contribution in [0.3, 0.4) is 0 Å². The molecule has 0 unspecified atom stereocenters. The molecule has 0 saturated heterocycles. The molecular formula is C26H22S3. The number of thiophene rings is 3. The van der Waals surface area contributed by atoms with Crippen LogP contribution in [0.4, 0.5) is 0 Å². The van der Waals surface area contributed by atoms with E-state index in [1.807, 2.05) is 22.7 Å². The van der Waals surface area contributed by atoms with Gasteiger partial charge >= 0.3 is 0 Å². The summed E-state index contributed by atoms with van der Waals surface area (Å²) in [5.74, 6) is 6.58. The van der Waals surface area contributed by atoms with Crippen LogP contribution >= 0.6 is 34.0 Å². The minimum Gasteiger partial charge on any atom is -0.151 e. The maximum Gasteiger partial charge on any atom is 0.0542 e. The van der Waals surface area contributed by atoms with E-state index in [0.717, 1.165) is 11.1 Å². The summed E-state index contributed by atoms with van der Waals surface area (Å²) in [6.07, 6.45) is 6.50. The van der Waals surface area contributed by atoms with E-state index < -0.39 is 0 Å². The fraction of sp³-hybridized carbons (Fsp3) is 0.231. The molecule has 5 rings (SSSR count). The quantitative estimate of drug-likeness (QED) is 0.193. The molecule has 0 aliphatic carbocycles. The summed E-state index contributed by atoms with van der Waals surface area (Å²) >= 11 is 5.55. The van der Waals surface area contributed by atoms with Crippen LogP contribution in [0.5, 0.6) is 0 Å². The summed E-state index contributed by atoms with van der Waals surface area (Å²) in [6, 6.07) is 15.8. The van der Waals surface area contributed by atoms with Crippen LogP contribution in [0.2, 0.25) is 0 Å². The third-order valence-electron chi connectivity index (χ3n) is 5.34. The van der Waals surface area contributed by atoms with E-state index in [9.17, 15) is 0 Å². The predicted molar refractivity (Wildman–Crippen MR) is 133 cm³/mol. The molecule has 3 heterocycles. The fourth-order valence-electron chi connectivity index (χ4n) is 3.77. The Morgan fingerprint density at radius 2 is 1.52 bits per heavy atom. The Morgan fingerprint density at radius 3 is 2.28 bits per heavy atom. The first kappa shape index (κ1) is 18.9. The van der Waals surface area contributed by atoms with E-state index in [4.69, 9.17) is 0 Å². The minimum absolute atomic E-state index is 1.09. The van der Waals surface area contributed by atoms with E-state index >= 15 is 0 Å². The second-order valence-electron chi connectivity index (χ2n) is 7.48. The van der Waals surface area contributed by atoms with Crippen molar-refractivity contribution in [1.82, 2.24) is 0 Å². The highest BCUT2D eigenvalue weighted by atomic mass is 32.1. The molecule has 0 aliphatic heterocycles. The second kappa shape index (κ2) is 8.32. The molecule has 144 valence electrons. The van der Waals surface area contributed by atoms with Crippen molar-refractivity contribution in [1.29, 1.82) is 0 Å². The molecule has 3 heteroatoms. The first-order valence-electron chi connectivity index (χ1n) is 10.2. The molecule has 0 amide bonds. The summed E-state index contributed by atoms with van der Waals surface area (Å²) in [5, 5.41) is 6.95. The minimum atomic E-state index is 1.09. The SMILES string of the molecule is CCCCCCc1ccc2c(c1)sc1c3ccc(C#Cc4ccsc4)cc3sc21. The molecule has 3 aromatic heterocycles. The van der Waals surface area contributed by atoms with Gasteiger partial charge in [0.1, 0.15) is 0 Å². The Morgan fingerprint density at radius 1 is 0.759 bits per heavy atom. The van der Waals surface area contributed by atoms with Gasteiger partial charge in [0.25, 0.3) is 0 Å². The van der Waals surface area contributed by atoms with E-state index in [0.29, 0.717) is 0 Å². The normalized spacial score (nSPS) is 11.3. The Hall–Kier alpha value is -2.12. The van der Waals surface area contributed by atoms with Gasteiger partial charge in [-0.2, -0.15) is 11.3 Å². The van der Waals surface area contributed by atoms with Crippen LogP contribution in [0.15, 0.2) is 53.2 Å². The zero-order chi connectivity index (χ0) is 19.6. The highest BCUT2D eigenvalue weighted by Gasteiger charge is 2.12. The van der Waals surface area contributed by atoms with Crippen molar-refractivity contribution < 1.29 is 0 Å². The standard InChI is InChI=1S/C26H22S3/c1-2-3-4-5-6-18-9-11-21-23(15-18)28-26-22-12-10-19(16-24(22)29-25(21)26)7-8-20-13-14-27-17-20/h9-17H,2-6H2,1H3. The first-order chi connectivity index (χ1) is 14.3. The first-order valence-corrected chi connectivity index (χ1v) is 12.8. The van der Waals surface area contributed by atoms with Crippen LogP contribution in [0, 0.1) is 11.8 Å². The van der Waals surface area contributed by atoms with Crippen molar-refractivity contribution in [3.63, 3.8) is 0 Å². The van der Waals surface area contributed by atoms with Gasteiger partial charge in [-0.05, 0) is 48.1 Å². The van der Waals surface area contributed by atoms with E-state index in [1.165, 1.54) is 67.2 Å². The lowest BCUT2D eigenvalue weighted by molar-refractivity contribution is 0.667. The van der Waals surface area contributed by atoms with Crippen LogP contribution in [-0.4, -0.2) is 0 Å². The van der Waals surface area contributed by atoms with Crippen molar-refractivity contribution in [3.05, 3.63) is 69.9 Å². The number of unbranched alkanes of at least 4 members (excludes halogenated alkanes) is 3. The lowest BCUT2D eigenvalue weighted by Crippen LogP contribution is -1.85. The number of benzene rings is 2. The molecule has 0 atom stereocenters. The molecule has 0 aliphatic rings. The molecule has 0 N–H and O–H groups in total. The van der Waals surface area contributed by atoms with Crippen LogP contribution < -0.4 is 0 Å². The van der Waals surface area contributed by atoms with Gasteiger partial charge in [-0.25, -0.2) is 0 Å². The molecule has 0 bridgehead atoms. The van der Waals surface area contributed by atoms with Crippen molar-refractivity contribution in [2.24, 2.45) is 0 Å². The van der Waals surface area contributed by atoms with Crippen molar-refractivity contribution in [2.45, 2.75) is 39.0 Å². The molecule has 0 radical (unpaired) electrons. The van der Waals surface area contributed by atoms with Crippen molar-refractivity contribution in [3.8, 4) is 11.8 Å². The average molecular weight is 431 g/mol. The van der Waals surface area contributed by atoms with E-state index in [-0.39, 0.29) is 0 Å². The van der Waals surface area contributed by atoms with Crippen molar-refractivity contribution in [2.75, 3.05) is 0 Å². The number of aryl methyl sites for hydroxylation is 1. The molecule has 0 nitrogen and oxygen atoms in total. The molecule has 0 spiro atoms. The van der Waals surface area contributed by atoms with Gasteiger partial charge in [0, 0.05) is 36.7 Å². The number of fused-ring (bicyclic) bond motifs is 5. The summed E-state index contributed by atoms with van der Waals surface area (Å²) in [4.78, 5) is 0. The smallest absolute Gasteiger partial charge is 0.0542 e. The molecule has 0 saturated carbocycles. The average Bonchev–Trinajstić information content (AvgIpc) is 3.45. The second-order valence-corrected chi connectivity index (χ2v) is 10.4. The molecule has 29 heavy (non-hydrogen) atoms. The topological polar surface area (TPSA) is 0 Å². The van der Waals surface area contributed by atoms with Gasteiger partial charge in [0.15, 0.2) is 0 Å². The van der Waals surface area contributed by atoms with Crippen LogP contribution in [0.1, 0.15) is 49.3 Å². The summed E-state index contributed by atoms with van der Waals surface area (Å²) in [7, 11) is 0. The van der Waals surface area contributed by atoms with Gasteiger partial charge in [0.2, 0.25) is 0 Å². The maximum absolute atomic E-state index is 3.32. The highest BCUT2D eigenvalue weighted by Crippen LogP contribution is 2.44. The summed E-state index contributed by atoms with van der Waals surface area (Å²) < 4.78 is 5.64. The van der Waals surface area contributed by atoms with Crippen LogP contribution in [0.25, 0.3) is 29.6 Å². The predicted octanol–water partition coefficient (Wildman–Crippen LogP) is 8.85. The number of rotatable bonds is 5. The molecule has 5 aromatic rings. The molecule has 0 fully saturated rings. The largest absolute Gasteiger partial charge is 0.151 e. The van der Waals surface area contributed by atoms with Gasteiger partial charge < -0.3 is 0 Å². The lowest BCUT2D eigenvalue weighted by atomic mass is 10.1. The maximum atomic E-state index is 3.32. The van der Waals surface area contributed by atoms with Gasteiger partial charge in [-0.15, -0.1) is 22.7 Å². The van der Waals surface area contributed by atoms with Gasteiger partial charge in [0.05, 0.1) is 9.40 Å². The molecule has 2 aromatic carbocycles. The Labute approximate surface area is 183 Å². The third kappa shape index (κ3) is 3.85. The summed E-state index contributed by atoms with van der Waals surface area (Å²) in [5.41, 5.74) is 3.67. The van der Waals surface area contributed by atoms with Crippen molar-refractivity contribution >= 4 is 63.6 Å². The fourth-order valence-corrected chi connectivity index (χ4v) is 7.11. The summed E-state index contributed by atoms with van der Waals surface area (Å²) in [6.45, 7) is 2.27. The Bertz CT molecular complexity index is 1340. The van der Waals surface area contributed by atoms with E-state index in [2.05, 4.69) is 72.0 Å². The van der Waals surface area contributed by atoms with Gasteiger partial charge in [-0.1, -0.05) is 56.2 Å². The molecular weight excluding hydrogens is 408 g/mol. The Balaban J connectivity index is 1.47. The lowest BCUT2D eigenvalue weighted by Gasteiger charge is -2.01. The highest BCUT2D eigenvalue weighted by molar-refractivity contribution is 7.36.